The Morgan fingerprint density at radius 3 is 2.66 bits per heavy atom. The van der Waals surface area contributed by atoms with Crippen molar-refractivity contribution < 1.29 is 0 Å². The third kappa shape index (κ3) is 3.56. The van der Waals surface area contributed by atoms with Crippen molar-refractivity contribution in [2.24, 2.45) is 0 Å². The van der Waals surface area contributed by atoms with Crippen LogP contribution in [0.1, 0.15) is 47.9 Å². The monoisotopic (exact) mass is 420 g/mol. The minimum atomic E-state index is 0.435. The second kappa shape index (κ2) is 8.06. The van der Waals surface area contributed by atoms with Crippen molar-refractivity contribution in [2.75, 3.05) is 7.05 Å². The first kappa shape index (κ1) is 19.0. The number of fused-ring (bicyclic) bond motifs is 1. The molecule has 1 N–H and O–H groups in total. The van der Waals surface area contributed by atoms with Crippen LogP contribution in [0.2, 0.25) is 5.02 Å². The first-order chi connectivity index (χ1) is 14.2. The highest BCUT2D eigenvalue weighted by Gasteiger charge is 2.30. The zero-order valence-electron chi connectivity index (χ0n) is 16.6. The van der Waals surface area contributed by atoms with E-state index in [4.69, 9.17) is 11.6 Å². The lowest BCUT2D eigenvalue weighted by molar-refractivity contribution is 0.588. The number of allylic oxidation sites excluding steroid dienone is 2. The van der Waals surface area contributed by atoms with Gasteiger partial charge in [0, 0.05) is 27.7 Å². The fourth-order valence-electron chi connectivity index (χ4n) is 4.78. The summed E-state index contributed by atoms with van der Waals surface area (Å²) in [6.45, 7) is 0. The Morgan fingerprint density at radius 1 is 1.03 bits per heavy atom. The zero-order valence-corrected chi connectivity index (χ0v) is 18.1. The molecule has 4 heteroatoms. The van der Waals surface area contributed by atoms with Crippen LogP contribution in [0.3, 0.4) is 0 Å². The van der Waals surface area contributed by atoms with E-state index in [2.05, 4.69) is 65.0 Å². The highest BCUT2D eigenvalue weighted by atomic mass is 35.5. The molecular formula is C25H25ClN2S. The fraction of sp³-hybridized carbons (Fsp3) is 0.280. The molecule has 0 saturated carbocycles. The molecule has 148 valence electrons. The van der Waals surface area contributed by atoms with Gasteiger partial charge < -0.3 is 5.32 Å². The van der Waals surface area contributed by atoms with E-state index < -0.39 is 0 Å². The number of rotatable bonds is 5. The number of nitrogens with one attached hydrogen (secondary N) is 1. The summed E-state index contributed by atoms with van der Waals surface area (Å²) in [6, 6.07) is 17.6. The fourth-order valence-corrected chi connectivity index (χ4v) is 6.04. The molecule has 2 nitrogen and oxygen atoms in total. The van der Waals surface area contributed by atoms with Crippen molar-refractivity contribution in [3.8, 4) is 11.3 Å². The smallest absolute Gasteiger partial charge is 0.0632 e. The van der Waals surface area contributed by atoms with Gasteiger partial charge in [0.05, 0.1) is 5.69 Å². The van der Waals surface area contributed by atoms with Crippen LogP contribution in [0, 0.1) is 0 Å². The van der Waals surface area contributed by atoms with Gasteiger partial charge in [0.1, 0.15) is 0 Å². The molecular weight excluding hydrogens is 396 g/mol. The summed E-state index contributed by atoms with van der Waals surface area (Å²) in [5.41, 5.74) is 7.16. The maximum absolute atomic E-state index is 6.26. The summed E-state index contributed by atoms with van der Waals surface area (Å²) in [6.07, 6.45) is 11.6. The van der Waals surface area contributed by atoms with E-state index in [-0.39, 0.29) is 0 Å². The van der Waals surface area contributed by atoms with Crippen LogP contribution in [-0.2, 0) is 6.42 Å². The molecule has 0 bridgehead atoms. The molecule has 2 aliphatic carbocycles. The summed E-state index contributed by atoms with van der Waals surface area (Å²) in [5.74, 6) is 0.586. The predicted octanol–water partition coefficient (Wildman–Crippen LogP) is 7.00. The van der Waals surface area contributed by atoms with Gasteiger partial charge >= 0.3 is 0 Å². The molecule has 3 aromatic rings. The molecule has 2 aromatic carbocycles. The highest BCUT2D eigenvalue weighted by molar-refractivity contribution is 7.98. The summed E-state index contributed by atoms with van der Waals surface area (Å²) in [5, 5.41) is 4.28. The van der Waals surface area contributed by atoms with Crippen molar-refractivity contribution in [3.05, 3.63) is 88.6 Å². The van der Waals surface area contributed by atoms with Gasteiger partial charge in [0.2, 0.25) is 0 Å². The first-order valence-electron chi connectivity index (χ1n) is 10.3. The second-order valence-electron chi connectivity index (χ2n) is 7.89. The third-order valence-corrected chi connectivity index (χ3v) is 7.37. The molecule has 1 aromatic heterocycles. The number of benzene rings is 2. The standard InChI is InChI=1S/C25H25ClN2S/c1-27-24-14-13-22-23(24)16-28(29-19-10-6-9-18(26)15-19)25(22)21-12-5-4-11-20(21)17-7-2-3-8-17/h2-6,9-12,15-17,24,27H,7-8,13-14H2,1H3. The molecule has 1 unspecified atom stereocenters. The van der Waals surface area contributed by atoms with Gasteiger partial charge in [0.25, 0.3) is 0 Å². The van der Waals surface area contributed by atoms with Gasteiger partial charge in [-0.1, -0.05) is 54.1 Å². The van der Waals surface area contributed by atoms with Crippen LogP contribution in [0.4, 0.5) is 0 Å². The van der Waals surface area contributed by atoms with Crippen LogP contribution in [0.15, 0.2) is 71.8 Å². The quantitative estimate of drug-likeness (QED) is 0.447. The molecule has 1 atom stereocenters. The molecule has 0 spiro atoms. The number of hydrogen-bond acceptors (Lipinski definition) is 2. The Balaban J connectivity index is 1.64. The van der Waals surface area contributed by atoms with Crippen LogP contribution in [-0.4, -0.2) is 11.0 Å². The van der Waals surface area contributed by atoms with Gasteiger partial charge in [-0.3, -0.25) is 3.97 Å². The van der Waals surface area contributed by atoms with Crippen molar-refractivity contribution in [2.45, 2.75) is 42.5 Å². The summed E-state index contributed by atoms with van der Waals surface area (Å²) < 4.78 is 2.38. The van der Waals surface area contributed by atoms with E-state index in [0.717, 1.165) is 29.2 Å². The lowest BCUT2D eigenvalue weighted by Crippen LogP contribution is -2.12. The van der Waals surface area contributed by atoms with Gasteiger partial charge in [-0.2, -0.15) is 0 Å². The molecule has 2 aliphatic rings. The average molecular weight is 421 g/mol. The predicted molar refractivity (Wildman–Crippen MR) is 124 cm³/mol. The Hall–Kier alpha value is -1.94. The maximum Gasteiger partial charge on any atom is 0.0632 e. The van der Waals surface area contributed by atoms with Crippen LogP contribution >= 0.6 is 23.5 Å². The molecule has 0 saturated heterocycles. The number of halogens is 1. The Kier molecular flexibility index (Phi) is 5.29. The van der Waals surface area contributed by atoms with Crippen molar-refractivity contribution >= 4 is 23.5 Å². The van der Waals surface area contributed by atoms with E-state index in [0.29, 0.717) is 12.0 Å². The van der Waals surface area contributed by atoms with E-state index in [9.17, 15) is 0 Å². The van der Waals surface area contributed by atoms with E-state index in [1.54, 1.807) is 11.9 Å². The molecule has 5 rings (SSSR count). The number of hydrogen-bond donors (Lipinski definition) is 1. The lowest BCUT2D eigenvalue weighted by Gasteiger charge is -2.18. The number of aromatic nitrogens is 1. The van der Waals surface area contributed by atoms with E-state index in [1.165, 1.54) is 34.4 Å². The van der Waals surface area contributed by atoms with Gasteiger partial charge in [0.15, 0.2) is 0 Å². The van der Waals surface area contributed by atoms with Crippen molar-refractivity contribution in [3.63, 3.8) is 0 Å². The molecule has 0 radical (unpaired) electrons. The highest BCUT2D eigenvalue weighted by Crippen LogP contribution is 2.45. The van der Waals surface area contributed by atoms with Gasteiger partial charge in [-0.15, -0.1) is 0 Å². The normalized spacial score (nSPS) is 18.5. The second-order valence-corrected chi connectivity index (χ2v) is 9.38. The Labute approximate surface area is 182 Å². The van der Waals surface area contributed by atoms with E-state index in [1.807, 2.05) is 18.2 Å². The summed E-state index contributed by atoms with van der Waals surface area (Å²) in [7, 11) is 2.07. The minimum absolute atomic E-state index is 0.435. The van der Waals surface area contributed by atoms with Gasteiger partial charge in [-0.05, 0) is 85.5 Å². The maximum atomic E-state index is 6.26. The SMILES string of the molecule is CNC1CCc2c1cn(Sc1cccc(Cl)c1)c2-c1ccccc1C1CC=CC1. The topological polar surface area (TPSA) is 17.0 Å². The lowest BCUT2D eigenvalue weighted by atomic mass is 9.90. The molecule has 0 fully saturated rings. The number of nitrogens with zero attached hydrogens (tertiary/aromatic N) is 1. The van der Waals surface area contributed by atoms with E-state index >= 15 is 0 Å². The molecule has 0 amide bonds. The average Bonchev–Trinajstić information content (AvgIpc) is 3.45. The summed E-state index contributed by atoms with van der Waals surface area (Å²) >= 11 is 8.02. The van der Waals surface area contributed by atoms with Crippen LogP contribution in [0.25, 0.3) is 11.3 Å². The van der Waals surface area contributed by atoms with Crippen LogP contribution in [0.5, 0.6) is 0 Å². The molecule has 0 aliphatic heterocycles. The molecule has 29 heavy (non-hydrogen) atoms. The van der Waals surface area contributed by atoms with Crippen molar-refractivity contribution in [1.82, 2.24) is 9.29 Å². The zero-order chi connectivity index (χ0) is 19.8. The third-order valence-electron chi connectivity index (χ3n) is 6.18. The Bertz CT molecular complexity index is 1060. The van der Waals surface area contributed by atoms with Gasteiger partial charge in [-0.25, -0.2) is 0 Å². The largest absolute Gasteiger partial charge is 0.313 e. The van der Waals surface area contributed by atoms with Crippen molar-refractivity contribution in [1.29, 1.82) is 0 Å². The minimum Gasteiger partial charge on any atom is -0.313 e. The van der Waals surface area contributed by atoms with Crippen LogP contribution < -0.4 is 5.32 Å². The molecule has 1 heterocycles. The summed E-state index contributed by atoms with van der Waals surface area (Å²) in [4.78, 5) is 1.16. The Morgan fingerprint density at radius 2 is 1.86 bits per heavy atom. The first-order valence-corrected chi connectivity index (χ1v) is 11.5.